The van der Waals surface area contributed by atoms with Crippen LogP contribution >= 0.6 is 67.8 Å². The third-order valence-corrected chi connectivity index (χ3v) is 20.2. The summed E-state index contributed by atoms with van der Waals surface area (Å²) in [5.41, 5.74) is 23.1. The summed E-state index contributed by atoms with van der Waals surface area (Å²) in [6, 6.07) is 21.1. The van der Waals surface area contributed by atoms with Gasteiger partial charge in [0, 0.05) is 131 Å². The van der Waals surface area contributed by atoms with Crippen LogP contribution in [0.25, 0.3) is 0 Å². The molecule has 0 aliphatic carbocycles. The molecule has 0 spiro atoms. The maximum absolute atomic E-state index is 8.23. The predicted octanol–water partition coefficient (Wildman–Crippen LogP) is -3.60. The average Bonchev–Trinajstić information content (AvgIpc) is 3.57. The van der Waals surface area contributed by atoms with Crippen LogP contribution in [0.15, 0.2) is 70.6 Å². The van der Waals surface area contributed by atoms with E-state index in [0.29, 0.717) is 0 Å². The van der Waals surface area contributed by atoms with Crippen molar-refractivity contribution in [2.24, 2.45) is 32.9 Å². The molecule has 12 aliphatic rings. The van der Waals surface area contributed by atoms with Gasteiger partial charge in [-0.15, -0.1) is 4.99 Å². The second kappa shape index (κ2) is 48.7. The number of alkyl halides is 3. The van der Waals surface area contributed by atoms with Gasteiger partial charge in [0.25, 0.3) is 0 Å². The van der Waals surface area contributed by atoms with Crippen molar-refractivity contribution in [3.05, 3.63) is 71.8 Å². The molecule has 0 unspecified atom stereocenters. The summed E-state index contributed by atoms with van der Waals surface area (Å²) in [5, 5.41) is 19.5. The van der Waals surface area contributed by atoms with Crippen LogP contribution < -0.4 is 100 Å². The number of guanidine groups is 3. The zero-order valence-corrected chi connectivity index (χ0v) is 63.8. The zero-order chi connectivity index (χ0) is 57.9. The first-order valence-corrected chi connectivity index (χ1v) is 35.5. The summed E-state index contributed by atoms with van der Waals surface area (Å²) < 4.78 is 8.10. The molecule has 2 aromatic carbocycles. The minimum absolute atomic E-state index is 0. The van der Waals surface area contributed by atoms with Crippen LogP contribution in [0.2, 0.25) is 0 Å². The van der Waals surface area contributed by atoms with Gasteiger partial charge in [-0.1, -0.05) is 142 Å². The molecule has 0 amide bonds. The van der Waals surface area contributed by atoms with E-state index in [4.69, 9.17) is 33.6 Å². The van der Waals surface area contributed by atoms with E-state index in [1.165, 1.54) is 272 Å². The Balaban J connectivity index is 0.000000545. The molecular formula is C61H112I6N18. The molecular weight excluding hydrogens is 1750 g/mol. The lowest BCUT2D eigenvalue weighted by Gasteiger charge is -2.50. The highest BCUT2D eigenvalue weighted by molar-refractivity contribution is 14.1. The van der Waals surface area contributed by atoms with Gasteiger partial charge in [0.05, 0.1) is 78.5 Å². The molecule has 24 heteroatoms. The van der Waals surface area contributed by atoms with Crippen molar-refractivity contribution in [1.82, 2.24) is 34.7 Å². The van der Waals surface area contributed by atoms with Crippen LogP contribution in [0.3, 0.4) is 0 Å². The number of fused-ring (bicyclic) bond motifs is 12. The summed E-state index contributed by atoms with van der Waals surface area (Å²) >= 11 is 7.34. The Morgan fingerprint density at radius 3 is 1.18 bits per heavy atom. The highest BCUT2D eigenvalue weighted by Crippen LogP contribution is 2.23. The zero-order valence-electron chi connectivity index (χ0n) is 50.8. The Labute approximate surface area is 608 Å². The van der Waals surface area contributed by atoms with Crippen LogP contribution in [0.1, 0.15) is 69.9 Å². The fourth-order valence-electron chi connectivity index (χ4n) is 12.4. The number of unbranched alkanes of at least 4 members (excludes halogenated alkanes) is 4. The second-order valence-electron chi connectivity index (χ2n) is 23.5. The number of nitriles is 1. The van der Waals surface area contributed by atoms with Crippen molar-refractivity contribution in [3.8, 4) is 6.19 Å². The molecule has 10 N–H and O–H groups in total. The first kappa shape index (κ1) is 83.0. The van der Waals surface area contributed by atoms with Crippen molar-refractivity contribution in [3.63, 3.8) is 0 Å². The van der Waals surface area contributed by atoms with Crippen molar-refractivity contribution in [1.29, 1.82) is 10.7 Å². The number of aliphatic imine (C=N–C) groups is 2. The SMILES string of the molecule is C.C1CN2CCN1CC2.ICCCCCI.ICCCCC[N+]12CCN(CC1)CC2.N#CN=C(N)N.N=C(N=C(N)N)N(CCC[N+]12CCN(CC1)CC2)CCc1ccccc1.[I-].[I-].[I-].c1ccc(CCNCCC[N+]23CCN(CC2)CC3)cc1. The molecule has 8 bridgehead atoms. The molecule has 0 saturated carbocycles. The van der Waals surface area contributed by atoms with Gasteiger partial charge >= 0.3 is 0 Å². The maximum atomic E-state index is 8.23. The number of hydrogen-bond acceptors (Lipinski definition) is 9. The third-order valence-electron chi connectivity index (χ3n) is 18.0. The summed E-state index contributed by atoms with van der Waals surface area (Å²) in [6.07, 6.45) is 14.4. The van der Waals surface area contributed by atoms with E-state index in [-0.39, 0.29) is 97.2 Å². The average molecular weight is 1860 g/mol. The van der Waals surface area contributed by atoms with Gasteiger partial charge in [-0.25, -0.2) is 0 Å². The number of nitrogens with two attached hydrogens (primary N) is 4. The van der Waals surface area contributed by atoms with Gasteiger partial charge in [-0.2, -0.15) is 10.3 Å². The Hall–Kier alpha value is -0.0400. The van der Waals surface area contributed by atoms with Crippen LogP contribution in [-0.2, 0) is 12.8 Å². The summed E-state index contributed by atoms with van der Waals surface area (Å²) in [7, 11) is 0. The lowest BCUT2D eigenvalue weighted by Crippen LogP contribution is -3.00. The normalized spacial score (nSPS) is 25.6. The minimum Gasteiger partial charge on any atom is -1.00 e. The van der Waals surface area contributed by atoms with Gasteiger partial charge in [-0.05, 0) is 75.9 Å². The van der Waals surface area contributed by atoms with Crippen LogP contribution in [0, 0.1) is 16.9 Å². The van der Waals surface area contributed by atoms with Crippen molar-refractivity contribution < 1.29 is 85.4 Å². The van der Waals surface area contributed by atoms with E-state index in [2.05, 4.69) is 150 Å². The highest BCUT2D eigenvalue weighted by Gasteiger charge is 2.40. The Morgan fingerprint density at radius 1 is 0.482 bits per heavy atom. The molecule has 0 aromatic heterocycles. The topological polar surface area (TPSA) is 208 Å². The Kier molecular flexibility index (Phi) is 47.5. The van der Waals surface area contributed by atoms with Gasteiger partial charge in [0.15, 0.2) is 5.96 Å². The third kappa shape index (κ3) is 33.9. The molecule has 488 valence electrons. The predicted molar refractivity (Wildman–Crippen MR) is 371 cm³/mol. The number of nitrogens with zero attached hydrogens (tertiary/aromatic N) is 12. The first-order chi connectivity index (χ1) is 39.4. The minimum atomic E-state index is -0.197. The first-order valence-electron chi connectivity index (χ1n) is 31.0. The van der Waals surface area contributed by atoms with Crippen molar-refractivity contribution >= 4 is 85.7 Å². The van der Waals surface area contributed by atoms with Gasteiger partial charge in [0.1, 0.15) is 0 Å². The van der Waals surface area contributed by atoms with Gasteiger partial charge in [-0.3, -0.25) is 29.9 Å². The Morgan fingerprint density at radius 2 is 0.835 bits per heavy atom. The van der Waals surface area contributed by atoms with Crippen LogP contribution in [0.4, 0.5) is 0 Å². The maximum Gasteiger partial charge on any atom is 0.221 e. The molecule has 0 radical (unpaired) electrons. The lowest BCUT2D eigenvalue weighted by molar-refractivity contribution is -0.941. The van der Waals surface area contributed by atoms with E-state index in [0.717, 1.165) is 38.9 Å². The molecule has 18 nitrogen and oxygen atoms in total. The highest BCUT2D eigenvalue weighted by atomic mass is 127. The molecule has 12 aliphatic heterocycles. The summed E-state index contributed by atoms with van der Waals surface area (Å²) in [5.74, 6) is -0.0735. The molecule has 12 heterocycles. The number of rotatable bonds is 23. The second-order valence-corrected chi connectivity index (χ2v) is 26.8. The fraction of sp³-hybridized carbons (Fsp3) is 0.738. The van der Waals surface area contributed by atoms with E-state index in [1.54, 1.807) is 0 Å². The number of quaternary nitrogens is 3. The number of piperazine rings is 12. The van der Waals surface area contributed by atoms with Gasteiger partial charge in [0.2, 0.25) is 18.1 Å². The number of hydrogen-bond donors (Lipinski definition) is 6. The van der Waals surface area contributed by atoms with Crippen LogP contribution in [-0.4, -0.2) is 277 Å². The molecule has 2 aromatic rings. The molecule has 85 heavy (non-hydrogen) atoms. The monoisotopic (exact) mass is 1860 g/mol. The number of benzene rings is 2. The molecule has 14 rings (SSSR count). The van der Waals surface area contributed by atoms with Crippen molar-refractivity contribution in [2.75, 3.05) is 216 Å². The van der Waals surface area contributed by atoms with E-state index < -0.39 is 0 Å². The fourth-order valence-corrected chi connectivity index (χ4v) is 14.0. The van der Waals surface area contributed by atoms with Gasteiger partial charge < -0.3 is 119 Å². The standard InChI is InChI=1S/C19H32N7.C17H28N3.C11H22IN2.C6H12N2.C5H10I2.C2H4N4.CH4.3HI/c20-18(21)23-19(22)25(9-7-17-5-2-1-3-6-17)8-4-13-26-14-10-24(11-15-26)12-16-26;1-2-5-17(6-3-1)7-9-18-8-4-13-20-14-10-19(11-15-20)12-16-20;12-4-2-1-3-8-14-9-5-13(6-10-14)7-11-14;1-2-8-5-3-7(1)4-6-8;6-4-2-1-3-5-7;3-1-6-2(4)5;;;;/h1-3,5-6H,4,7-16H2,(H5,20,21,22,23);1-3,5-6,18H,4,7-16H2;1-11H2;1-6H2;1-5H2;(H4,4,5,6);1H4;3*1H/q3*+1;;;;;;;/p-3. The Bertz CT molecular complexity index is 2000. The van der Waals surface area contributed by atoms with E-state index >= 15 is 0 Å². The molecule has 12 saturated heterocycles. The van der Waals surface area contributed by atoms with E-state index in [9.17, 15) is 0 Å². The quantitative estimate of drug-likeness (QED) is 0.0122. The smallest absolute Gasteiger partial charge is 0.221 e. The van der Waals surface area contributed by atoms with E-state index in [1.807, 2.05) is 23.1 Å². The molecule has 0 atom stereocenters. The van der Waals surface area contributed by atoms with Crippen molar-refractivity contribution in [2.45, 2.75) is 71.6 Å². The lowest BCUT2D eigenvalue weighted by atomic mass is 10.1. The number of nitrogens with one attached hydrogen (secondary N) is 2. The summed E-state index contributed by atoms with van der Waals surface area (Å²) in [4.78, 5) is 21.8. The van der Waals surface area contributed by atoms with Crippen LogP contribution in [0.5, 0.6) is 0 Å². The molecule has 12 fully saturated rings. The summed E-state index contributed by atoms with van der Waals surface area (Å²) in [6.45, 7) is 39.9. The number of halogens is 6. The largest absolute Gasteiger partial charge is 1.00 e.